The van der Waals surface area contributed by atoms with Crippen LogP contribution in [0.3, 0.4) is 0 Å². The third-order valence-corrected chi connectivity index (χ3v) is 5.37. The van der Waals surface area contributed by atoms with E-state index in [9.17, 15) is 9.90 Å². The van der Waals surface area contributed by atoms with Crippen LogP contribution in [-0.4, -0.2) is 42.4 Å². The van der Waals surface area contributed by atoms with Gasteiger partial charge in [-0.1, -0.05) is 35.9 Å². The SMILES string of the molecule is O=C(O)C=CCNCCCCN1C2=CC=C(CO)CC2=CCc2ccc(Cl)cc21. The molecular formula is C23H27ClN2O3. The van der Waals surface area contributed by atoms with Gasteiger partial charge in [-0.2, -0.15) is 0 Å². The van der Waals surface area contributed by atoms with E-state index in [1.165, 1.54) is 16.8 Å². The summed E-state index contributed by atoms with van der Waals surface area (Å²) in [5, 5.41) is 22.1. The first-order valence-corrected chi connectivity index (χ1v) is 10.3. The number of hydrogen-bond donors (Lipinski definition) is 3. The first-order chi connectivity index (χ1) is 14.1. The molecule has 1 aliphatic heterocycles. The molecular weight excluding hydrogens is 388 g/mol. The van der Waals surface area contributed by atoms with Gasteiger partial charge < -0.3 is 20.4 Å². The van der Waals surface area contributed by atoms with Crippen molar-refractivity contribution in [3.63, 3.8) is 0 Å². The Balaban J connectivity index is 1.68. The Kier molecular flexibility index (Phi) is 7.69. The van der Waals surface area contributed by atoms with Crippen LogP contribution in [0, 0.1) is 0 Å². The number of carbonyl (C=O) groups is 1. The maximum absolute atomic E-state index is 10.5. The zero-order valence-electron chi connectivity index (χ0n) is 16.4. The number of unbranched alkanes of at least 4 members (excludes halogenated alkanes) is 1. The standard InChI is InChI=1S/C23H27ClN2O3/c24-20-9-8-18-6-7-19-14-17(16-27)5-10-21(19)26(22(18)15-20)13-2-1-11-25-12-3-4-23(28)29/h3-5,7-10,15,25,27H,1-2,6,11-14,16H2,(H,28,29). The molecule has 5 nitrogen and oxygen atoms in total. The zero-order valence-corrected chi connectivity index (χ0v) is 17.2. The van der Waals surface area contributed by atoms with Gasteiger partial charge in [0.2, 0.25) is 0 Å². The molecule has 0 atom stereocenters. The minimum absolute atomic E-state index is 0.0852. The Hall–Kier alpha value is -2.34. The molecule has 6 heteroatoms. The first-order valence-electron chi connectivity index (χ1n) is 9.94. The van der Waals surface area contributed by atoms with E-state index in [0.717, 1.165) is 61.1 Å². The van der Waals surface area contributed by atoms with Crippen molar-refractivity contribution in [2.45, 2.75) is 25.7 Å². The highest BCUT2D eigenvalue weighted by Gasteiger charge is 2.23. The summed E-state index contributed by atoms with van der Waals surface area (Å²) in [7, 11) is 0. The van der Waals surface area contributed by atoms with E-state index in [2.05, 4.69) is 28.4 Å². The highest BCUT2D eigenvalue weighted by Crippen LogP contribution is 2.37. The van der Waals surface area contributed by atoms with Crippen molar-refractivity contribution in [1.29, 1.82) is 0 Å². The number of hydrogen-bond acceptors (Lipinski definition) is 4. The van der Waals surface area contributed by atoms with E-state index < -0.39 is 5.97 Å². The second kappa shape index (κ2) is 10.4. The Morgan fingerprint density at radius 3 is 2.93 bits per heavy atom. The normalized spacial score (nSPS) is 15.9. The lowest BCUT2D eigenvalue weighted by molar-refractivity contribution is -0.131. The molecule has 0 bridgehead atoms. The van der Waals surface area contributed by atoms with E-state index in [1.54, 1.807) is 6.08 Å². The molecule has 1 aromatic carbocycles. The summed E-state index contributed by atoms with van der Waals surface area (Å²) < 4.78 is 0. The monoisotopic (exact) mass is 414 g/mol. The van der Waals surface area contributed by atoms with Crippen LogP contribution in [-0.2, 0) is 11.2 Å². The molecule has 0 amide bonds. The largest absolute Gasteiger partial charge is 0.478 e. The predicted molar refractivity (Wildman–Crippen MR) is 117 cm³/mol. The van der Waals surface area contributed by atoms with E-state index in [-0.39, 0.29) is 6.61 Å². The number of benzene rings is 1. The summed E-state index contributed by atoms with van der Waals surface area (Å²) in [5.74, 6) is -0.923. The third-order valence-electron chi connectivity index (χ3n) is 5.13. The topological polar surface area (TPSA) is 72.8 Å². The number of aliphatic hydroxyl groups excluding tert-OH is 1. The number of anilines is 1. The molecule has 2 aliphatic rings. The van der Waals surface area contributed by atoms with Gasteiger partial charge in [0.05, 0.1) is 6.61 Å². The lowest BCUT2D eigenvalue weighted by Crippen LogP contribution is -2.27. The number of halogens is 1. The molecule has 0 fully saturated rings. The minimum Gasteiger partial charge on any atom is -0.478 e. The summed E-state index contributed by atoms with van der Waals surface area (Å²) in [6, 6.07) is 6.07. The number of carboxylic acid groups (broad SMARTS) is 1. The summed E-state index contributed by atoms with van der Waals surface area (Å²) in [6.07, 6.45) is 12.8. The highest BCUT2D eigenvalue weighted by atomic mass is 35.5. The Morgan fingerprint density at radius 1 is 1.28 bits per heavy atom. The fourth-order valence-electron chi connectivity index (χ4n) is 3.68. The van der Waals surface area contributed by atoms with Crippen molar-refractivity contribution < 1.29 is 15.0 Å². The van der Waals surface area contributed by atoms with Crippen molar-refractivity contribution >= 4 is 23.3 Å². The molecule has 3 N–H and O–H groups in total. The first kappa shape index (κ1) is 21.4. The molecule has 0 saturated heterocycles. The van der Waals surface area contributed by atoms with Gasteiger partial charge in [-0.25, -0.2) is 4.79 Å². The fourth-order valence-corrected chi connectivity index (χ4v) is 3.84. The second-order valence-corrected chi connectivity index (χ2v) is 7.66. The van der Waals surface area contributed by atoms with Gasteiger partial charge in [0.15, 0.2) is 0 Å². The predicted octanol–water partition coefficient (Wildman–Crippen LogP) is 3.85. The molecule has 1 aromatic rings. The lowest BCUT2D eigenvalue weighted by atomic mass is 9.96. The van der Waals surface area contributed by atoms with Crippen LogP contribution >= 0.6 is 11.6 Å². The second-order valence-electron chi connectivity index (χ2n) is 7.22. The molecule has 154 valence electrons. The maximum atomic E-state index is 10.5. The van der Waals surface area contributed by atoms with Gasteiger partial charge in [0, 0.05) is 35.6 Å². The summed E-state index contributed by atoms with van der Waals surface area (Å²) in [5.41, 5.74) is 5.86. The van der Waals surface area contributed by atoms with Crippen LogP contribution in [0.15, 0.2) is 65.4 Å². The van der Waals surface area contributed by atoms with Crippen LogP contribution in [0.1, 0.15) is 24.8 Å². The zero-order chi connectivity index (χ0) is 20.6. The number of carboxylic acids is 1. The van der Waals surface area contributed by atoms with Crippen molar-refractivity contribution in [2.24, 2.45) is 0 Å². The van der Waals surface area contributed by atoms with E-state index in [4.69, 9.17) is 16.7 Å². The Morgan fingerprint density at radius 2 is 2.14 bits per heavy atom. The smallest absolute Gasteiger partial charge is 0.328 e. The summed E-state index contributed by atoms with van der Waals surface area (Å²) in [6.45, 7) is 2.34. The minimum atomic E-state index is -0.923. The van der Waals surface area contributed by atoms with Gasteiger partial charge in [-0.05, 0) is 67.1 Å². The van der Waals surface area contributed by atoms with Gasteiger partial charge in [0.1, 0.15) is 0 Å². The van der Waals surface area contributed by atoms with Crippen LogP contribution in [0.25, 0.3) is 0 Å². The van der Waals surface area contributed by atoms with Crippen LogP contribution in [0.5, 0.6) is 0 Å². The molecule has 0 saturated carbocycles. The molecule has 1 aliphatic carbocycles. The number of aliphatic hydroxyl groups is 1. The lowest BCUT2D eigenvalue weighted by Gasteiger charge is -2.31. The van der Waals surface area contributed by atoms with Gasteiger partial charge in [0.25, 0.3) is 0 Å². The van der Waals surface area contributed by atoms with Gasteiger partial charge in [-0.3, -0.25) is 0 Å². The van der Waals surface area contributed by atoms with Crippen molar-refractivity contribution in [3.8, 4) is 0 Å². The number of allylic oxidation sites excluding steroid dienone is 4. The average molecular weight is 415 g/mol. The van der Waals surface area contributed by atoms with E-state index in [0.29, 0.717) is 6.54 Å². The molecule has 0 aromatic heterocycles. The van der Waals surface area contributed by atoms with Crippen molar-refractivity contribution in [2.75, 3.05) is 31.1 Å². The van der Waals surface area contributed by atoms with Crippen molar-refractivity contribution in [1.82, 2.24) is 5.32 Å². The van der Waals surface area contributed by atoms with Crippen LogP contribution < -0.4 is 10.2 Å². The highest BCUT2D eigenvalue weighted by molar-refractivity contribution is 6.30. The Bertz CT molecular complexity index is 871. The summed E-state index contributed by atoms with van der Waals surface area (Å²) >= 11 is 6.30. The number of fused-ring (bicyclic) bond motifs is 2. The molecule has 0 unspecified atom stereocenters. The molecule has 0 spiro atoms. The van der Waals surface area contributed by atoms with E-state index >= 15 is 0 Å². The average Bonchev–Trinajstić information content (AvgIpc) is 2.86. The number of nitrogens with one attached hydrogen (secondary N) is 1. The number of aliphatic carboxylic acids is 1. The van der Waals surface area contributed by atoms with Crippen LogP contribution in [0.4, 0.5) is 5.69 Å². The van der Waals surface area contributed by atoms with E-state index in [1.807, 2.05) is 18.2 Å². The van der Waals surface area contributed by atoms with Crippen LogP contribution in [0.2, 0.25) is 5.02 Å². The quantitative estimate of drug-likeness (QED) is 0.423. The molecule has 1 heterocycles. The third kappa shape index (κ3) is 5.82. The molecule has 29 heavy (non-hydrogen) atoms. The molecule has 3 rings (SSSR count). The van der Waals surface area contributed by atoms with Crippen molar-refractivity contribution in [3.05, 3.63) is 76.0 Å². The number of rotatable bonds is 9. The molecule has 0 radical (unpaired) electrons. The van der Waals surface area contributed by atoms with Gasteiger partial charge >= 0.3 is 5.97 Å². The van der Waals surface area contributed by atoms with Gasteiger partial charge in [-0.15, -0.1) is 0 Å². The maximum Gasteiger partial charge on any atom is 0.328 e. The Labute approximate surface area is 176 Å². The number of nitrogens with zero attached hydrogens (tertiary/aromatic N) is 1. The summed E-state index contributed by atoms with van der Waals surface area (Å²) in [4.78, 5) is 12.8. The fraction of sp³-hybridized carbons (Fsp3) is 0.348.